The average Bonchev–Trinajstić information content (AvgIpc) is 2.58. The quantitative estimate of drug-likeness (QED) is 0.739. The van der Waals surface area contributed by atoms with Gasteiger partial charge in [-0.1, -0.05) is 0 Å². The smallest absolute Gasteiger partial charge is 0.156 e. The summed E-state index contributed by atoms with van der Waals surface area (Å²) in [5, 5.41) is 4.12. The summed E-state index contributed by atoms with van der Waals surface area (Å²) < 4.78 is 1.11. The molecule has 1 aliphatic rings. The van der Waals surface area contributed by atoms with E-state index < -0.39 is 0 Å². The Kier molecular flexibility index (Phi) is 2.15. The number of thiophene rings is 1. The molecule has 1 aromatic rings. The second-order valence-corrected chi connectivity index (χ2v) is 4.37. The summed E-state index contributed by atoms with van der Waals surface area (Å²) in [7, 11) is 0. The molecule has 62 valence electrons. The Morgan fingerprint density at radius 3 is 2.67 bits per heavy atom. The summed E-state index contributed by atoms with van der Waals surface area (Å²) >= 11 is 5.11. The third kappa shape index (κ3) is 1.39. The maximum atomic E-state index is 11.0. The Balaban J connectivity index is 2.38. The zero-order chi connectivity index (χ0) is 8.55. The van der Waals surface area contributed by atoms with Crippen molar-refractivity contribution in [1.29, 1.82) is 0 Å². The second-order valence-electron chi connectivity index (χ2n) is 2.77. The van der Waals surface area contributed by atoms with Crippen LogP contribution in [-0.4, -0.2) is 5.78 Å². The van der Waals surface area contributed by atoms with Gasteiger partial charge in [0.15, 0.2) is 5.78 Å². The molecule has 2 rings (SSSR count). The third-order valence-corrected chi connectivity index (χ3v) is 3.64. The molecule has 0 radical (unpaired) electrons. The van der Waals surface area contributed by atoms with E-state index in [1.54, 1.807) is 17.4 Å². The SMILES string of the molecule is O=C1C=C(c2cscc2Br)CC1. The second kappa shape index (κ2) is 3.15. The fourth-order valence-corrected chi connectivity index (χ4v) is 2.89. The molecule has 1 aromatic heterocycles. The molecule has 3 heteroatoms. The van der Waals surface area contributed by atoms with Crippen molar-refractivity contribution in [2.45, 2.75) is 12.8 Å². The van der Waals surface area contributed by atoms with Crippen molar-refractivity contribution in [3.63, 3.8) is 0 Å². The van der Waals surface area contributed by atoms with Crippen LogP contribution in [0.4, 0.5) is 0 Å². The lowest BCUT2D eigenvalue weighted by atomic mass is 10.1. The van der Waals surface area contributed by atoms with Gasteiger partial charge >= 0.3 is 0 Å². The summed E-state index contributed by atoms with van der Waals surface area (Å²) in [6.07, 6.45) is 3.33. The Bertz CT molecular complexity index is 351. The van der Waals surface area contributed by atoms with E-state index in [1.165, 1.54) is 11.1 Å². The van der Waals surface area contributed by atoms with Gasteiger partial charge in [0.25, 0.3) is 0 Å². The van der Waals surface area contributed by atoms with Gasteiger partial charge in [-0.05, 0) is 39.4 Å². The van der Waals surface area contributed by atoms with E-state index in [-0.39, 0.29) is 5.78 Å². The Labute approximate surface area is 83.2 Å². The normalized spacial score (nSPS) is 16.8. The molecule has 0 N–H and O–H groups in total. The zero-order valence-electron chi connectivity index (χ0n) is 6.34. The first-order chi connectivity index (χ1) is 5.77. The number of hydrogen-bond donors (Lipinski definition) is 0. The van der Waals surface area contributed by atoms with Crippen LogP contribution >= 0.6 is 27.3 Å². The first-order valence-corrected chi connectivity index (χ1v) is 5.46. The summed E-state index contributed by atoms with van der Waals surface area (Å²) in [6, 6.07) is 0. The Morgan fingerprint density at radius 1 is 1.33 bits per heavy atom. The van der Waals surface area contributed by atoms with Crippen LogP contribution in [0, 0.1) is 0 Å². The minimum Gasteiger partial charge on any atom is -0.295 e. The van der Waals surface area contributed by atoms with Gasteiger partial charge in [0.05, 0.1) is 0 Å². The molecule has 12 heavy (non-hydrogen) atoms. The highest BCUT2D eigenvalue weighted by molar-refractivity contribution is 9.10. The van der Waals surface area contributed by atoms with Gasteiger partial charge < -0.3 is 0 Å². The maximum Gasteiger partial charge on any atom is 0.156 e. The largest absolute Gasteiger partial charge is 0.295 e. The van der Waals surface area contributed by atoms with Gasteiger partial charge in [-0.2, -0.15) is 11.3 Å². The summed E-state index contributed by atoms with van der Waals surface area (Å²) in [4.78, 5) is 11.0. The van der Waals surface area contributed by atoms with E-state index in [4.69, 9.17) is 0 Å². The first kappa shape index (κ1) is 8.20. The lowest BCUT2D eigenvalue weighted by molar-refractivity contribution is -0.114. The number of carbonyl (C=O) groups excluding carboxylic acids is 1. The third-order valence-electron chi connectivity index (χ3n) is 1.94. The van der Waals surface area contributed by atoms with Gasteiger partial charge in [0.1, 0.15) is 0 Å². The van der Waals surface area contributed by atoms with Crippen molar-refractivity contribution in [3.8, 4) is 0 Å². The molecule has 0 unspecified atom stereocenters. The molecule has 0 saturated carbocycles. The molecule has 0 bridgehead atoms. The van der Waals surface area contributed by atoms with E-state index in [2.05, 4.69) is 21.3 Å². The van der Waals surface area contributed by atoms with Crippen molar-refractivity contribution < 1.29 is 4.79 Å². The number of carbonyl (C=O) groups is 1. The zero-order valence-corrected chi connectivity index (χ0v) is 8.74. The van der Waals surface area contributed by atoms with Crippen molar-refractivity contribution in [1.82, 2.24) is 0 Å². The Morgan fingerprint density at radius 2 is 2.17 bits per heavy atom. The van der Waals surface area contributed by atoms with E-state index in [0.717, 1.165) is 10.9 Å². The van der Waals surface area contributed by atoms with Crippen LogP contribution in [0.15, 0.2) is 21.3 Å². The predicted molar refractivity (Wildman–Crippen MR) is 54.2 cm³/mol. The number of ketones is 1. The summed E-state index contributed by atoms with van der Waals surface area (Å²) in [5.41, 5.74) is 2.36. The van der Waals surface area contributed by atoms with Gasteiger partial charge in [-0.15, -0.1) is 0 Å². The fourth-order valence-electron chi connectivity index (χ4n) is 1.32. The topological polar surface area (TPSA) is 17.1 Å². The van der Waals surface area contributed by atoms with E-state index in [9.17, 15) is 4.79 Å². The molecular formula is C9H7BrOS. The molecule has 0 fully saturated rings. The minimum atomic E-state index is 0.253. The Hall–Kier alpha value is -0.410. The van der Waals surface area contributed by atoms with Crippen LogP contribution in [0.5, 0.6) is 0 Å². The lowest BCUT2D eigenvalue weighted by Gasteiger charge is -1.96. The van der Waals surface area contributed by atoms with E-state index in [1.807, 2.05) is 5.38 Å². The van der Waals surface area contributed by atoms with Gasteiger partial charge in [-0.25, -0.2) is 0 Å². The van der Waals surface area contributed by atoms with Crippen molar-refractivity contribution >= 4 is 38.6 Å². The molecule has 0 saturated heterocycles. The van der Waals surface area contributed by atoms with Crippen molar-refractivity contribution in [3.05, 3.63) is 26.9 Å². The summed E-state index contributed by atoms with van der Waals surface area (Å²) in [6.45, 7) is 0. The molecule has 0 spiro atoms. The van der Waals surface area contributed by atoms with Crippen LogP contribution in [-0.2, 0) is 4.79 Å². The fraction of sp³-hybridized carbons (Fsp3) is 0.222. The van der Waals surface area contributed by atoms with E-state index >= 15 is 0 Å². The maximum absolute atomic E-state index is 11.0. The van der Waals surface area contributed by atoms with Crippen molar-refractivity contribution in [2.24, 2.45) is 0 Å². The van der Waals surface area contributed by atoms with Crippen LogP contribution < -0.4 is 0 Å². The molecule has 0 aromatic carbocycles. The number of allylic oxidation sites excluding steroid dienone is 2. The molecule has 0 aliphatic heterocycles. The molecule has 1 heterocycles. The monoisotopic (exact) mass is 242 g/mol. The van der Waals surface area contributed by atoms with Crippen molar-refractivity contribution in [2.75, 3.05) is 0 Å². The highest BCUT2D eigenvalue weighted by atomic mass is 79.9. The molecule has 1 aliphatic carbocycles. The van der Waals surface area contributed by atoms with Crippen LogP contribution in [0.2, 0.25) is 0 Å². The number of halogens is 1. The van der Waals surface area contributed by atoms with Crippen LogP contribution in [0.1, 0.15) is 18.4 Å². The molecule has 0 atom stereocenters. The van der Waals surface area contributed by atoms with Crippen LogP contribution in [0.3, 0.4) is 0 Å². The molecular weight excluding hydrogens is 236 g/mol. The highest BCUT2D eigenvalue weighted by Gasteiger charge is 2.15. The number of rotatable bonds is 1. The first-order valence-electron chi connectivity index (χ1n) is 3.73. The van der Waals surface area contributed by atoms with Gasteiger partial charge in [0.2, 0.25) is 0 Å². The number of hydrogen-bond acceptors (Lipinski definition) is 2. The van der Waals surface area contributed by atoms with E-state index in [0.29, 0.717) is 6.42 Å². The summed E-state index contributed by atoms with van der Waals surface area (Å²) in [5.74, 6) is 0.253. The van der Waals surface area contributed by atoms with Crippen LogP contribution in [0.25, 0.3) is 5.57 Å². The standard InChI is InChI=1S/C9H7BrOS/c10-9-5-12-4-8(9)6-1-2-7(11)3-6/h3-5H,1-2H2. The molecule has 1 nitrogen and oxygen atoms in total. The van der Waals surface area contributed by atoms with Gasteiger partial charge in [-0.3, -0.25) is 4.79 Å². The highest BCUT2D eigenvalue weighted by Crippen LogP contribution is 2.33. The van der Waals surface area contributed by atoms with Gasteiger partial charge in [0, 0.05) is 21.8 Å². The average molecular weight is 243 g/mol. The molecule has 0 amide bonds. The minimum absolute atomic E-state index is 0.253. The predicted octanol–water partition coefficient (Wildman–Crippen LogP) is 3.26. The lowest BCUT2D eigenvalue weighted by Crippen LogP contribution is -1.80.